The van der Waals surface area contributed by atoms with E-state index in [2.05, 4.69) is 46.5 Å². The third kappa shape index (κ3) is 7.20. The Kier molecular flexibility index (Phi) is 9.09. The smallest absolute Gasteiger partial charge is 0.310 e. The quantitative estimate of drug-likeness (QED) is 0.405. The summed E-state index contributed by atoms with van der Waals surface area (Å²) < 4.78 is 4.42. The summed E-state index contributed by atoms with van der Waals surface area (Å²) >= 11 is 0. The maximum Gasteiger partial charge on any atom is 0.310 e. The van der Waals surface area contributed by atoms with Crippen molar-refractivity contribution in [3.63, 3.8) is 0 Å². The lowest BCUT2D eigenvalue weighted by Crippen LogP contribution is -2.38. The maximum atomic E-state index is 11.3. The van der Waals surface area contributed by atoms with Crippen molar-refractivity contribution < 1.29 is 14.5 Å². The summed E-state index contributed by atoms with van der Waals surface area (Å²) in [6.45, 7) is 5.39. The molecule has 27 heavy (non-hydrogen) atoms. The van der Waals surface area contributed by atoms with Crippen molar-refractivity contribution in [1.29, 1.82) is 0 Å². The molecule has 1 aromatic carbocycles. The van der Waals surface area contributed by atoms with Gasteiger partial charge < -0.3 is 5.11 Å². The van der Waals surface area contributed by atoms with Gasteiger partial charge in [-0.1, -0.05) is 75.8 Å². The standard InChI is InChI=1S/C23H34N2O2/c1-3-4-5-6-7-8-12-15-22-24(18-20(2)23(26)27)16-17-25(22)19-21-13-10-9-11-14-21/h9-11,13-14,16-17,20H,3-8,12,15,18-19H2,1-2H3/p+1. The Hall–Kier alpha value is -2.10. The zero-order valence-corrected chi connectivity index (χ0v) is 16.9. The summed E-state index contributed by atoms with van der Waals surface area (Å²) in [6, 6.07) is 10.4. The molecule has 2 rings (SSSR count). The predicted octanol–water partition coefficient (Wildman–Crippen LogP) is 4.84. The molecule has 0 radical (unpaired) electrons. The van der Waals surface area contributed by atoms with Crippen molar-refractivity contribution in [2.75, 3.05) is 0 Å². The van der Waals surface area contributed by atoms with Crippen LogP contribution in [0.25, 0.3) is 0 Å². The lowest BCUT2D eigenvalue weighted by molar-refractivity contribution is -0.695. The van der Waals surface area contributed by atoms with E-state index in [1.807, 2.05) is 12.3 Å². The molecule has 0 aliphatic rings. The average molecular weight is 372 g/mol. The summed E-state index contributed by atoms with van der Waals surface area (Å²) in [5, 5.41) is 9.27. The second-order valence-electron chi connectivity index (χ2n) is 7.59. The van der Waals surface area contributed by atoms with Crippen molar-refractivity contribution in [1.82, 2.24) is 4.57 Å². The molecule has 0 saturated heterocycles. The molecule has 148 valence electrons. The van der Waals surface area contributed by atoms with E-state index < -0.39 is 5.97 Å². The van der Waals surface area contributed by atoms with Crippen LogP contribution in [0.15, 0.2) is 42.7 Å². The van der Waals surface area contributed by atoms with Crippen LogP contribution in [0.4, 0.5) is 0 Å². The van der Waals surface area contributed by atoms with Gasteiger partial charge in [-0.3, -0.25) is 4.79 Å². The van der Waals surface area contributed by atoms with Crippen LogP contribution >= 0.6 is 0 Å². The van der Waals surface area contributed by atoms with Crippen LogP contribution in [0.5, 0.6) is 0 Å². The first-order chi connectivity index (χ1) is 13.1. The van der Waals surface area contributed by atoms with E-state index in [0.717, 1.165) is 19.4 Å². The fourth-order valence-corrected chi connectivity index (χ4v) is 3.49. The van der Waals surface area contributed by atoms with Gasteiger partial charge in [0.25, 0.3) is 5.82 Å². The Morgan fingerprint density at radius 3 is 2.41 bits per heavy atom. The second-order valence-corrected chi connectivity index (χ2v) is 7.59. The Morgan fingerprint density at radius 1 is 1.07 bits per heavy atom. The fourth-order valence-electron chi connectivity index (χ4n) is 3.49. The van der Waals surface area contributed by atoms with Gasteiger partial charge in [-0.15, -0.1) is 0 Å². The van der Waals surface area contributed by atoms with Crippen LogP contribution in [0.1, 0.15) is 70.2 Å². The van der Waals surface area contributed by atoms with Gasteiger partial charge in [0.05, 0.1) is 5.92 Å². The van der Waals surface area contributed by atoms with Gasteiger partial charge in [0.1, 0.15) is 25.5 Å². The molecule has 0 saturated carbocycles. The molecule has 0 amide bonds. The molecular formula is C23H35N2O2+. The van der Waals surface area contributed by atoms with Crippen LogP contribution in [0.2, 0.25) is 0 Å². The van der Waals surface area contributed by atoms with Crippen LogP contribution in [0, 0.1) is 5.92 Å². The van der Waals surface area contributed by atoms with Crippen LogP contribution in [-0.2, 0) is 24.3 Å². The first-order valence-electron chi connectivity index (χ1n) is 10.5. The average Bonchev–Trinajstić information content (AvgIpc) is 3.03. The maximum absolute atomic E-state index is 11.3. The Balaban J connectivity index is 2.00. The number of carboxylic acids is 1. The highest BCUT2D eigenvalue weighted by molar-refractivity contribution is 5.69. The molecule has 1 heterocycles. The molecule has 1 N–H and O–H groups in total. The number of carboxylic acid groups (broad SMARTS) is 1. The summed E-state index contributed by atoms with van der Waals surface area (Å²) in [4.78, 5) is 11.3. The first-order valence-corrected chi connectivity index (χ1v) is 10.5. The monoisotopic (exact) mass is 371 g/mol. The number of aliphatic carboxylic acids is 1. The minimum absolute atomic E-state index is 0.379. The molecular weight excluding hydrogens is 336 g/mol. The SMILES string of the molecule is CCCCCCCCCc1n(CC(C)C(=O)O)cc[n+]1Cc1ccccc1. The number of nitrogens with zero attached hydrogens (tertiary/aromatic N) is 2. The van der Waals surface area contributed by atoms with Gasteiger partial charge in [0.2, 0.25) is 0 Å². The molecule has 0 bridgehead atoms. The fraction of sp³-hybridized carbons (Fsp3) is 0.565. The Labute approximate surface area is 163 Å². The number of imidazole rings is 1. The van der Waals surface area contributed by atoms with Crippen molar-refractivity contribution in [2.24, 2.45) is 5.92 Å². The van der Waals surface area contributed by atoms with Crippen molar-refractivity contribution >= 4 is 5.97 Å². The second kappa shape index (κ2) is 11.6. The van der Waals surface area contributed by atoms with Gasteiger partial charge in [0, 0.05) is 6.42 Å². The Morgan fingerprint density at radius 2 is 1.74 bits per heavy atom. The zero-order valence-electron chi connectivity index (χ0n) is 16.9. The van der Waals surface area contributed by atoms with E-state index >= 15 is 0 Å². The van der Waals surface area contributed by atoms with Gasteiger partial charge in [-0.2, -0.15) is 0 Å². The lowest BCUT2D eigenvalue weighted by Gasteiger charge is -2.08. The molecule has 4 heteroatoms. The lowest BCUT2D eigenvalue weighted by atomic mass is 10.1. The van der Waals surface area contributed by atoms with Crippen LogP contribution < -0.4 is 4.57 Å². The molecule has 0 aliphatic heterocycles. The number of hydrogen-bond donors (Lipinski definition) is 1. The van der Waals surface area contributed by atoms with Gasteiger partial charge >= 0.3 is 5.97 Å². The van der Waals surface area contributed by atoms with Gasteiger partial charge in [-0.05, 0) is 18.9 Å². The summed E-state index contributed by atoms with van der Waals surface area (Å²) in [6.07, 6.45) is 14.1. The largest absolute Gasteiger partial charge is 0.481 e. The van der Waals surface area contributed by atoms with Gasteiger partial charge in [-0.25, -0.2) is 9.13 Å². The summed E-state index contributed by atoms with van der Waals surface area (Å²) in [5.41, 5.74) is 1.27. The predicted molar refractivity (Wildman–Crippen MR) is 109 cm³/mol. The minimum Gasteiger partial charge on any atom is -0.481 e. The van der Waals surface area contributed by atoms with Gasteiger partial charge in [0.15, 0.2) is 0 Å². The molecule has 1 aromatic heterocycles. The van der Waals surface area contributed by atoms with Crippen molar-refractivity contribution in [3.05, 3.63) is 54.1 Å². The van der Waals surface area contributed by atoms with E-state index in [1.165, 1.54) is 49.9 Å². The number of hydrogen-bond acceptors (Lipinski definition) is 1. The van der Waals surface area contributed by atoms with E-state index in [-0.39, 0.29) is 5.92 Å². The van der Waals surface area contributed by atoms with Crippen molar-refractivity contribution in [2.45, 2.75) is 78.3 Å². The molecule has 0 fully saturated rings. The van der Waals surface area contributed by atoms with E-state index in [9.17, 15) is 9.90 Å². The number of carbonyl (C=O) groups is 1. The topological polar surface area (TPSA) is 46.1 Å². The zero-order chi connectivity index (χ0) is 19.5. The number of benzene rings is 1. The van der Waals surface area contributed by atoms with Crippen molar-refractivity contribution in [3.8, 4) is 0 Å². The number of aromatic nitrogens is 2. The third-order valence-corrected chi connectivity index (χ3v) is 5.18. The minimum atomic E-state index is -0.736. The molecule has 1 atom stereocenters. The third-order valence-electron chi connectivity index (χ3n) is 5.18. The molecule has 4 nitrogen and oxygen atoms in total. The van der Waals surface area contributed by atoms with E-state index in [0.29, 0.717) is 6.54 Å². The number of rotatable bonds is 13. The highest BCUT2D eigenvalue weighted by atomic mass is 16.4. The van der Waals surface area contributed by atoms with Crippen LogP contribution in [-0.4, -0.2) is 15.6 Å². The first kappa shape index (κ1) is 21.2. The molecule has 0 spiro atoms. The highest BCUT2D eigenvalue weighted by Crippen LogP contribution is 2.12. The molecule has 2 aromatic rings. The molecule has 1 unspecified atom stereocenters. The van der Waals surface area contributed by atoms with E-state index in [1.54, 1.807) is 6.92 Å². The Bertz CT molecular complexity index is 679. The summed E-state index contributed by atoms with van der Waals surface area (Å²) in [7, 11) is 0. The highest BCUT2D eigenvalue weighted by Gasteiger charge is 2.21. The summed E-state index contributed by atoms with van der Waals surface area (Å²) in [5.74, 6) is 0.121. The molecule has 0 aliphatic carbocycles. The normalized spacial score (nSPS) is 12.2. The van der Waals surface area contributed by atoms with E-state index in [4.69, 9.17) is 0 Å². The number of unbranched alkanes of at least 4 members (excludes halogenated alkanes) is 6. The van der Waals surface area contributed by atoms with Crippen LogP contribution in [0.3, 0.4) is 0 Å².